The molecule has 1 aromatic rings. The third kappa shape index (κ3) is 6.27. The minimum Gasteiger partial charge on any atom is -0.404 e. The van der Waals surface area contributed by atoms with Crippen molar-refractivity contribution in [2.75, 3.05) is 5.32 Å². The molecule has 0 amide bonds. The highest BCUT2D eigenvalue weighted by Crippen LogP contribution is 2.33. The van der Waals surface area contributed by atoms with E-state index >= 15 is 0 Å². The zero-order valence-corrected chi connectivity index (χ0v) is 12.9. The molecule has 0 heterocycles. The molecule has 2 nitrogen and oxygen atoms in total. The molecule has 0 aliphatic heterocycles. The Morgan fingerprint density at radius 3 is 2.33 bits per heavy atom. The number of rotatable bonds is 8. The molecular weight excluding hydrogens is 279 g/mol. The van der Waals surface area contributed by atoms with Crippen LogP contribution in [0.1, 0.15) is 52.9 Å². The molecule has 0 fully saturated rings. The summed E-state index contributed by atoms with van der Waals surface area (Å²) < 4.78 is 41.4. The highest BCUT2D eigenvalue weighted by atomic mass is 19.4. The van der Waals surface area contributed by atoms with Crippen LogP contribution in [0.4, 0.5) is 18.9 Å². The molecule has 0 aromatic heterocycles. The van der Waals surface area contributed by atoms with Gasteiger partial charge in [-0.15, -0.1) is 13.2 Å². The molecule has 1 atom stereocenters. The summed E-state index contributed by atoms with van der Waals surface area (Å²) in [5.41, 5.74) is 0.149. The van der Waals surface area contributed by atoms with Gasteiger partial charge in [-0.3, -0.25) is 0 Å². The molecule has 0 bridgehead atoms. The van der Waals surface area contributed by atoms with Crippen molar-refractivity contribution < 1.29 is 17.9 Å². The van der Waals surface area contributed by atoms with E-state index in [9.17, 15) is 13.2 Å². The Morgan fingerprint density at radius 1 is 1.10 bits per heavy atom. The summed E-state index contributed by atoms with van der Waals surface area (Å²) in [5.74, 6) is -0.180. The molecule has 1 unspecified atom stereocenters. The van der Waals surface area contributed by atoms with Gasteiger partial charge in [0.1, 0.15) is 0 Å². The summed E-state index contributed by atoms with van der Waals surface area (Å²) in [6.45, 7) is 6.20. The molecule has 0 spiro atoms. The number of hydrogen-bond donors (Lipinski definition) is 1. The maximum Gasteiger partial charge on any atom is 0.573 e. The average molecular weight is 303 g/mol. The summed E-state index contributed by atoms with van der Waals surface area (Å²) in [4.78, 5) is 0. The number of halogens is 3. The van der Waals surface area contributed by atoms with Gasteiger partial charge in [-0.05, 0) is 31.9 Å². The molecule has 1 rings (SSSR count). The van der Waals surface area contributed by atoms with Gasteiger partial charge in [0.25, 0.3) is 0 Å². The molecule has 21 heavy (non-hydrogen) atoms. The van der Waals surface area contributed by atoms with Crippen LogP contribution < -0.4 is 10.1 Å². The number of unbranched alkanes of at least 4 members (excludes halogenated alkanes) is 2. The van der Waals surface area contributed by atoms with Crippen molar-refractivity contribution in [2.45, 2.75) is 64.8 Å². The fraction of sp³-hybridized carbons (Fsp3) is 0.625. The van der Waals surface area contributed by atoms with Gasteiger partial charge in [0.05, 0.1) is 5.69 Å². The average Bonchev–Trinajstić information content (AvgIpc) is 2.40. The van der Waals surface area contributed by atoms with Gasteiger partial charge in [0.2, 0.25) is 0 Å². The Morgan fingerprint density at radius 2 is 1.76 bits per heavy atom. The number of hydrogen-bond acceptors (Lipinski definition) is 2. The zero-order chi connectivity index (χ0) is 15.9. The summed E-state index contributed by atoms with van der Waals surface area (Å²) in [7, 11) is 0. The minimum atomic E-state index is -4.68. The van der Waals surface area contributed by atoms with Gasteiger partial charge in [0, 0.05) is 5.54 Å². The van der Waals surface area contributed by atoms with Crippen LogP contribution in [0.5, 0.6) is 5.75 Å². The lowest BCUT2D eigenvalue weighted by Crippen LogP contribution is -2.34. The molecule has 0 aliphatic carbocycles. The lowest BCUT2D eigenvalue weighted by atomic mass is 9.91. The van der Waals surface area contributed by atoms with Gasteiger partial charge in [-0.25, -0.2) is 0 Å². The number of anilines is 1. The summed E-state index contributed by atoms with van der Waals surface area (Å²) >= 11 is 0. The fourth-order valence-corrected chi connectivity index (χ4v) is 2.20. The second-order valence-electron chi connectivity index (χ2n) is 5.54. The van der Waals surface area contributed by atoms with Gasteiger partial charge in [0.15, 0.2) is 5.75 Å². The molecule has 0 radical (unpaired) electrons. The normalized spacial score (nSPS) is 14.6. The Hall–Kier alpha value is -1.39. The molecule has 5 heteroatoms. The van der Waals surface area contributed by atoms with Crippen LogP contribution in [0.25, 0.3) is 0 Å². The molecular formula is C16H24F3NO. The third-order valence-corrected chi connectivity index (χ3v) is 3.66. The molecule has 1 aromatic carbocycles. The van der Waals surface area contributed by atoms with Crippen LogP contribution in [0, 0.1) is 0 Å². The van der Waals surface area contributed by atoms with E-state index in [-0.39, 0.29) is 11.3 Å². The largest absolute Gasteiger partial charge is 0.573 e. The smallest absolute Gasteiger partial charge is 0.404 e. The van der Waals surface area contributed by atoms with Crippen molar-refractivity contribution in [1.29, 1.82) is 0 Å². The zero-order valence-electron chi connectivity index (χ0n) is 12.9. The van der Waals surface area contributed by atoms with Gasteiger partial charge in [-0.1, -0.05) is 45.2 Å². The van der Waals surface area contributed by atoms with Crippen molar-refractivity contribution in [1.82, 2.24) is 0 Å². The van der Waals surface area contributed by atoms with Crippen molar-refractivity contribution in [3.63, 3.8) is 0 Å². The van der Waals surface area contributed by atoms with Crippen LogP contribution in [0.3, 0.4) is 0 Å². The van der Waals surface area contributed by atoms with E-state index in [1.807, 2.05) is 13.8 Å². The minimum absolute atomic E-state index is 0.180. The summed E-state index contributed by atoms with van der Waals surface area (Å²) in [5, 5.41) is 3.23. The number of ether oxygens (including phenoxy) is 1. The van der Waals surface area contributed by atoms with Crippen LogP contribution >= 0.6 is 0 Å². The van der Waals surface area contributed by atoms with Crippen LogP contribution in [0.2, 0.25) is 0 Å². The van der Waals surface area contributed by atoms with Crippen LogP contribution in [-0.2, 0) is 0 Å². The van der Waals surface area contributed by atoms with Gasteiger partial charge >= 0.3 is 6.36 Å². The number of nitrogens with one attached hydrogen (secondary N) is 1. The lowest BCUT2D eigenvalue weighted by Gasteiger charge is -2.32. The highest BCUT2D eigenvalue weighted by Gasteiger charge is 2.33. The Balaban J connectivity index is 2.84. The van der Waals surface area contributed by atoms with Crippen molar-refractivity contribution >= 4 is 5.69 Å². The molecule has 120 valence electrons. The molecule has 0 saturated carbocycles. The number of para-hydroxylation sites is 2. The first-order chi connectivity index (χ1) is 9.79. The number of benzene rings is 1. The Labute approximate surface area is 124 Å². The lowest BCUT2D eigenvalue weighted by molar-refractivity contribution is -0.274. The van der Waals surface area contributed by atoms with Gasteiger partial charge < -0.3 is 10.1 Å². The Bertz CT molecular complexity index is 434. The second-order valence-corrected chi connectivity index (χ2v) is 5.54. The van der Waals surface area contributed by atoms with E-state index in [0.29, 0.717) is 5.69 Å². The number of alkyl halides is 3. The SMILES string of the molecule is CCCCCC(C)(CC)Nc1ccccc1OC(F)(F)F. The predicted octanol–water partition coefficient (Wildman–Crippen LogP) is 5.75. The van der Waals surface area contributed by atoms with Crippen LogP contribution in [0.15, 0.2) is 24.3 Å². The summed E-state index contributed by atoms with van der Waals surface area (Å²) in [6, 6.07) is 6.19. The van der Waals surface area contributed by atoms with Crippen molar-refractivity contribution in [3.8, 4) is 5.75 Å². The third-order valence-electron chi connectivity index (χ3n) is 3.66. The Kier molecular flexibility index (Phi) is 6.37. The predicted molar refractivity (Wildman–Crippen MR) is 79.6 cm³/mol. The standard InChI is InChI=1S/C16H24F3NO/c1-4-6-9-12-15(3,5-2)20-13-10-7-8-11-14(13)21-16(17,18)19/h7-8,10-11,20H,4-6,9,12H2,1-3H3. The van der Waals surface area contributed by atoms with Crippen molar-refractivity contribution in [2.24, 2.45) is 0 Å². The van der Waals surface area contributed by atoms with E-state index in [1.54, 1.807) is 12.1 Å². The van der Waals surface area contributed by atoms with Crippen LogP contribution in [-0.4, -0.2) is 11.9 Å². The first kappa shape index (κ1) is 17.7. The molecule has 0 saturated heterocycles. The topological polar surface area (TPSA) is 21.3 Å². The monoisotopic (exact) mass is 303 g/mol. The van der Waals surface area contributed by atoms with E-state index in [0.717, 1.165) is 32.1 Å². The van der Waals surface area contributed by atoms with E-state index < -0.39 is 6.36 Å². The van der Waals surface area contributed by atoms with E-state index in [2.05, 4.69) is 17.0 Å². The maximum absolute atomic E-state index is 12.4. The fourth-order valence-electron chi connectivity index (χ4n) is 2.20. The van der Waals surface area contributed by atoms with Crippen molar-refractivity contribution in [3.05, 3.63) is 24.3 Å². The summed E-state index contributed by atoms with van der Waals surface area (Å²) in [6.07, 6.45) is 0.360. The van der Waals surface area contributed by atoms with Gasteiger partial charge in [-0.2, -0.15) is 0 Å². The second kappa shape index (κ2) is 7.57. The van der Waals surface area contributed by atoms with E-state index in [1.165, 1.54) is 12.1 Å². The molecule has 0 aliphatic rings. The van der Waals surface area contributed by atoms with E-state index in [4.69, 9.17) is 0 Å². The maximum atomic E-state index is 12.4. The molecule has 1 N–H and O–H groups in total. The quantitative estimate of drug-likeness (QED) is 0.618. The first-order valence-corrected chi connectivity index (χ1v) is 7.42. The first-order valence-electron chi connectivity index (χ1n) is 7.42. The highest BCUT2D eigenvalue weighted by molar-refractivity contribution is 5.57.